The van der Waals surface area contributed by atoms with Gasteiger partial charge in [0.05, 0.1) is 24.6 Å². The maximum absolute atomic E-state index is 12.7. The Kier molecular flexibility index (Phi) is 5.56. The number of nitrogens with zero attached hydrogens (tertiary/aromatic N) is 1. The summed E-state index contributed by atoms with van der Waals surface area (Å²) < 4.78 is 11.6. The van der Waals surface area contributed by atoms with Crippen LogP contribution in [0.5, 0.6) is 11.5 Å². The lowest BCUT2D eigenvalue weighted by Gasteiger charge is -2.10. The minimum atomic E-state index is -0.131. The molecule has 2 aromatic carbocycles. The first kappa shape index (κ1) is 19.5. The third kappa shape index (κ3) is 3.86. The number of benzene rings is 2. The molecule has 0 aliphatic carbocycles. The number of nitrogens with one attached hydrogen (secondary N) is 1. The minimum absolute atomic E-state index is 0.131. The van der Waals surface area contributed by atoms with Crippen molar-refractivity contribution in [1.82, 2.24) is 10.3 Å². The molecule has 2 heterocycles. The Morgan fingerprint density at radius 2 is 1.93 bits per heavy atom. The number of carbonyl (C=O) groups is 1. The second-order valence-electron chi connectivity index (χ2n) is 6.46. The standard InChI is InChI=1S/C22H19ClN2O3S/c1-27-14-7-8-18(28-2)13(11-14)9-10-24-22(26)19-12-16-20(29-19)15-5-3-4-6-17(15)25-21(16)23/h3-8,11-12H,9-10H2,1-2H3,(H,24,26). The van der Waals surface area contributed by atoms with Crippen molar-refractivity contribution in [2.24, 2.45) is 0 Å². The Morgan fingerprint density at radius 3 is 2.72 bits per heavy atom. The summed E-state index contributed by atoms with van der Waals surface area (Å²) in [6.07, 6.45) is 0.627. The van der Waals surface area contributed by atoms with E-state index in [-0.39, 0.29) is 5.91 Å². The summed E-state index contributed by atoms with van der Waals surface area (Å²) in [5.41, 5.74) is 1.80. The number of para-hydroxylation sites is 1. The van der Waals surface area contributed by atoms with E-state index in [9.17, 15) is 4.79 Å². The van der Waals surface area contributed by atoms with Crippen molar-refractivity contribution in [3.63, 3.8) is 0 Å². The van der Waals surface area contributed by atoms with Crippen LogP contribution in [-0.2, 0) is 6.42 Å². The molecule has 29 heavy (non-hydrogen) atoms. The predicted octanol–water partition coefficient (Wildman–Crippen LogP) is 5.09. The minimum Gasteiger partial charge on any atom is -0.497 e. The fourth-order valence-electron chi connectivity index (χ4n) is 3.26. The van der Waals surface area contributed by atoms with E-state index in [0.29, 0.717) is 23.0 Å². The van der Waals surface area contributed by atoms with Crippen LogP contribution >= 0.6 is 22.9 Å². The van der Waals surface area contributed by atoms with Crippen molar-refractivity contribution in [2.45, 2.75) is 6.42 Å². The number of thiophene rings is 1. The Morgan fingerprint density at radius 1 is 1.10 bits per heavy atom. The van der Waals surface area contributed by atoms with Gasteiger partial charge in [-0.05, 0) is 42.3 Å². The summed E-state index contributed by atoms with van der Waals surface area (Å²) in [6, 6.07) is 15.2. The maximum atomic E-state index is 12.7. The summed E-state index contributed by atoms with van der Waals surface area (Å²) >= 11 is 7.77. The Labute approximate surface area is 177 Å². The third-order valence-corrected chi connectivity index (χ3v) is 6.17. The summed E-state index contributed by atoms with van der Waals surface area (Å²) in [7, 11) is 3.25. The van der Waals surface area contributed by atoms with E-state index in [2.05, 4.69) is 10.3 Å². The number of aromatic nitrogens is 1. The van der Waals surface area contributed by atoms with Gasteiger partial charge in [-0.3, -0.25) is 4.79 Å². The lowest BCUT2D eigenvalue weighted by atomic mass is 10.1. The summed E-state index contributed by atoms with van der Waals surface area (Å²) in [5, 5.41) is 5.19. The van der Waals surface area contributed by atoms with Crippen LogP contribution in [0.15, 0.2) is 48.5 Å². The molecule has 0 spiro atoms. The van der Waals surface area contributed by atoms with Gasteiger partial charge in [0.2, 0.25) is 0 Å². The van der Waals surface area contributed by atoms with Gasteiger partial charge in [0.25, 0.3) is 5.91 Å². The second kappa shape index (κ2) is 8.27. The maximum Gasteiger partial charge on any atom is 0.261 e. The fraction of sp³-hybridized carbons (Fsp3) is 0.182. The lowest BCUT2D eigenvalue weighted by molar-refractivity contribution is 0.0958. The first-order valence-electron chi connectivity index (χ1n) is 9.07. The average Bonchev–Trinajstić information content (AvgIpc) is 3.20. The first-order chi connectivity index (χ1) is 14.1. The van der Waals surface area contributed by atoms with Crippen LogP contribution in [0.25, 0.3) is 21.0 Å². The van der Waals surface area contributed by atoms with Crippen molar-refractivity contribution < 1.29 is 14.3 Å². The molecule has 4 aromatic rings. The molecule has 1 N–H and O–H groups in total. The van der Waals surface area contributed by atoms with Crippen molar-refractivity contribution in [2.75, 3.05) is 20.8 Å². The van der Waals surface area contributed by atoms with Crippen molar-refractivity contribution >= 4 is 49.8 Å². The van der Waals surface area contributed by atoms with Crippen molar-refractivity contribution in [3.8, 4) is 11.5 Å². The van der Waals surface area contributed by atoms with Crippen molar-refractivity contribution in [1.29, 1.82) is 0 Å². The molecule has 0 saturated heterocycles. The van der Waals surface area contributed by atoms with Gasteiger partial charge < -0.3 is 14.8 Å². The highest BCUT2D eigenvalue weighted by Gasteiger charge is 2.15. The number of fused-ring (bicyclic) bond motifs is 3. The predicted molar refractivity (Wildman–Crippen MR) is 118 cm³/mol. The third-order valence-electron chi connectivity index (χ3n) is 4.71. The summed E-state index contributed by atoms with van der Waals surface area (Å²) in [6.45, 7) is 0.476. The fourth-order valence-corrected chi connectivity index (χ4v) is 4.67. The molecule has 5 nitrogen and oxygen atoms in total. The van der Waals surface area contributed by atoms with Crippen LogP contribution < -0.4 is 14.8 Å². The Hall–Kier alpha value is -2.83. The number of methoxy groups -OCH3 is 2. The monoisotopic (exact) mass is 426 g/mol. The number of halogens is 1. The number of ether oxygens (including phenoxy) is 2. The number of carbonyl (C=O) groups excluding carboxylic acids is 1. The van der Waals surface area contributed by atoms with Crippen LogP contribution in [0.4, 0.5) is 0 Å². The topological polar surface area (TPSA) is 60.5 Å². The van der Waals surface area contributed by atoms with Gasteiger partial charge in [-0.2, -0.15) is 0 Å². The molecular formula is C22H19ClN2O3S. The summed E-state index contributed by atoms with van der Waals surface area (Å²) in [4.78, 5) is 17.7. The van der Waals surface area contributed by atoms with E-state index in [0.717, 1.165) is 38.1 Å². The molecule has 0 aliphatic rings. The van der Waals surface area contributed by atoms with Crippen LogP contribution in [0.2, 0.25) is 5.15 Å². The molecule has 0 radical (unpaired) electrons. The largest absolute Gasteiger partial charge is 0.497 e. The number of hydrogen-bond acceptors (Lipinski definition) is 5. The molecule has 4 rings (SSSR count). The van der Waals surface area contributed by atoms with Crippen LogP contribution in [0.1, 0.15) is 15.2 Å². The zero-order chi connectivity index (χ0) is 20.4. The molecule has 1 amide bonds. The quantitative estimate of drug-likeness (QED) is 0.436. The molecule has 0 aliphatic heterocycles. The van der Waals surface area contributed by atoms with Crippen molar-refractivity contribution in [3.05, 3.63) is 64.1 Å². The summed E-state index contributed by atoms with van der Waals surface area (Å²) in [5.74, 6) is 1.39. The zero-order valence-corrected chi connectivity index (χ0v) is 17.6. The first-order valence-corrected chi connectivity index (χ1v) is 10.3. The van der Waals surface area contributed by atoms with Gasteiger partial charge >= 0.3 is 0 Å². The number of hydrogen-bond donors (Lipinski definition) is 1. The highest BCUT2D eigenvalue weighted by Crippen LogP contribution is 2.35. The molecule has 0 atom stereocenters. The van der Waals surface area contributed by atoms with E-state index in [1.54, 1.807) is 14.2 Å². The second-order valence-corrected chi connectivity index (χ2v) is 7.87. The molecule has 148 valence electrons. The van der Waals surface area contributed by atoms with Crippen LogP contribution in [-0.4, -0.2) is 31.7 Å². The van der Waals surface area contributed by atoms with E-state index in [4.69, 9.17) is 21.1 Å². The van der Waals surface area contributed by atoms with E-state index < -0.39 is 0 Å². The smallest absolute Gasteiger partial charge is 0.261 e. The Balaban J connectivity index is 1.53. The Bertz CT molecular complexity index is 1210. The van der Waals surface area contributed by atoms with E-state index >= 15 is 0 Å². The number of amides is 1. The molecular weight excluding hydrogens is 408 g/mol. The number of rotatable bonds is 6. The highest BCUT2D eigenvalue weighted by molar-refractivity contribution is 7.21. The van der Waals surface area contributed by atoms with Crippen LogP contribution in [0.3, 0.4) is 0 Å². The highest BCUT2D eigenvalue weighted by atomic mass is 35.5. The molecule has 2 aromatic heterocycles. The normalized spacial score (nSPS) is 11.0. The van der Waals surface area contributed by atoms with E-state index in [1.165, 1.54) is 11.3 Å². The van der Waals surface area contributed by atoms with Crippen LogP contribution in [0, 0.1) is 0 Å². The number of pyridine rings is 1. The van der Waals surface area contributed by atoms with Gasteiger partial charge in [0, 0.05) is 22.0 Å². The molecule has 0 saturated carbocycles. The molecule has 0 unspecified atom stereocenters. The molecule has 7 heteroatoms. The van der Waals surface area contributed by atoms with Gasteiger partial charge in [-0.25, -0.2) is 4.98 Å². The van der Waals surface area contributed by atoms with Gasteiger partial charge in [0.15, 0.2) is 0 Å². The van der Waals surface area contributed by atoms with E-state index in [1.807, 2.05) is 48.5 Å². The average molecular weight is 427 g/mol. The van der Waals surface area contributed by atoms with Gasteiger partial charge in [0.1, 0.15) is 16.7 Å². The SMILES string of the molecule is COc1ccc(OC)c(CCNC(=O)c2cc3c(Cl)nc4ccccc4c3s2)c1. The zero-order valence-electron chi connectivity index (χ0n) is 16.0. The van der Waals surface area contributed by atoms with Gasteiger partial charge in [-0.1, -0.05) is 29.8 Å². The molecule has 0 bridgehead atoms. The molecule has 0 fully saturated rings. The lowest BCUT2D eigenvalue weighted by Crippen LogP contribution is -2.24. The van der Waals surface area contributed by atoms with Gasteiger partial charge in [-0.15, -0.1) is 11.3 Å².